The Morgan fingerprint density at radius 2 is 1.63 bits per heavy atom. The highest BCUT2D eigenvalue weighted by atomic mass is 35.5. The second-order valence-electron chi connectivity index (χ2n) is 8.30. The van der Waals surface area contributed by atoms with Crippen LogP contribution in [0.3, 0.4) is 0 Å². The molecule has 180 valence electrons. The Labute approximate surface area is 208 Å². The van der Waals surface area contributed by atoms with Crippen LogP contribution in [0.4, 0.5) is 10.5 Å². The van der Waals surface area contributed by atoms with Gasteiger partial charge in [-0.15, -0.1) is 0 Å². The first-order valence-corrected chi connectivity index (χ1v) is 11.7. The molecule has 1 aliphatic carbocycles. The van der Waals surface area contributed by atoms with Crippen molar-refractivity contribution in [3.63, 3.8) is 0 Å². The van der Waals surface area contributed by atoms with Gasteiger partial charge in [0.1, 0.15) is 12.6 Å². The molecule has 1 aliphatic rings. The minimum absolute atomic E-state index is 0.00914. The van der Waals surface area contributed by atoms with Crippen LogP contribution in [0.2, 0.25) is 5.02 Å². The number of alkyl carbamates (subject to hydrolysis) is 1. The molecule has 0 fully saturated rings. The van der Waals surface area contributed by atoms with Gasteiger partial charge in [-0.2, -0.15) is 0 Å². The van der Waals surface area contributed by atoms with Crippen molar-refractivity contribution >= 4 is 35.3 Å². The molecule has 0 heterocycles. The summed E-state index contributed by atoms with van der Waals surface area (Å²) in [6, 6.07) is 19.3. The molecule has 2 amide bonds. The molecule has 0 saturated carbocycles. The second-order valence-corrected chi connectivity index (χ2v) is 8.71. The molecule has 8 heteroatoms. The van der Waals surface area contributed by atoms with E-state index < -0.39 is 24.0 Å². The number of benzene rings is 3. The van der Waals surface area contributed by atoms with Crippen LogP contribution in [0.1, 0.15) is 47.2 Å². The highest BCUT2D eigenvalue weighted by molar-refractivity contribution is 6.34. The molecular weight excluding hydrogens is 468 g/mol. The van der Waals surface area contributed by atoms with Gasteiger partial charge in [0.05, 0.1) is 16.3 Å². The van der Waals surface area contributed by atoms with E-state index in [1.165, 1.54) is 18.2 Å². The largest absolute Gasteiger partial charge is 0.478 e. The summed E-state index contributed by atoms with van der Waals surface area (Å²) in [6.07, 6.45) is 0.349. The summed E-state index contributed by atoms with van der Waals surface area (Å²) in [6.45, 7) is 2.04. The molecule has 7 nitrogen and oxygen atoms in total. The minimum Gasteiger partial charge on any atom is -0.478 e. The lowest BCUT2D eigenvalue weighted by atomic mass is 9.98. The highest BCUT2D eigenvalue weighted by Crippen LogP contribution is 2.44. The maximum Gasteiger partial charge on any atom is 0.407 e. The van der Waals surface area contributed by atoms with Crippen LogP contribution in [0.15, 0.2) is 66.7 Å². The average Bonchev–Trinajstić information content (AvgIpc) is 3.17. The molecule has 0 radical (unpaired) electrons. The first kappa shape index (κ1) is 24.3. The van der Waals surface area contributed by atoms with E-state index in [9.17, 15) is 14.4 Å². The SMILES string of the molecule is CCCC(NC(=O)OCC1c2ccccc2-c2ccccc21)C(=O)Nc1ccc(C(=O)O)cc1Cl. The van der Waals surface area contributed by atoms with Gasteiger partial charge in [0.15, 0.2) is 0 Å². The molecule has 0 spiro atoms. The number of amides is 2. The number of anilines is 1. The number of carbonyl (C=O) groups excluding carboxylic acids is 2. The lowest BCUT2D eigenvalue weighted by molar-refractivity contribution is -0.118. The summed E-state index contributed by atoms with van der Waals surface area (Å²) < 4.78 is 5.56. The highest BCUT2D eigenvalue weighted by Gasteiger charge is 2.29. The monoisotopic (exact) mass is 492 g/mol. The third-order valence-corrected chi connectivity index (χ3v) is 6.32. The smallest absolute Gasteiger partial charge is 0.407 e. The van der Waals surface area contributed by atoms with Gasteiger partial charge in [0, 0.05) is 5.92 Å². The molecule has 0 saturated heterocycles. The van der Waals surface area contributed by atoms with Gasteiger partial charge in [0.2, 0.25) is 5.91 Å². The van der Waals surface area contributed by atoms with E-state index in [-0.39, 0.29) is 28.8 Å². The van der Waals surface area contributed by atoms with Gasteiger partial charge >= 0.3 is 12.1 Å². The number of hydrogen-bond acceptors (Lipinski definition) is 4. The molecule has 0 aromatic heterocycles. The van der Waals surface area contributed by atoms with Gasteiger partial charge in [-0.1, -0.05) is 73.5 Å². The normalized spacial score (nSPS) is 12.9. The number of nitrogens with one attached hydrogen (secondary N) is 2. The number of fused-ring (bicyclic) bond motifs is 3. The Kier molecular flexibility index (Phi) is 7.36. The number of hydrogen-bond donors (Lipinski definition) is 3. The maximum absolute atomic E-state index is 12.8. The van der Waals surface area contributed by atoms with E-state index in [4.69, 9.17) is 21.4 Å². The predicted octanol–water partition coefficient (Wildman–Crippen LogP) is 5.68. The summed E-state index contributed by atoms with van der Waals surface area (Å²) in [5.41, 5.74) is 4.73. The first-order chi connectivity index (χ1) is 16.9. The van der Waals surface area contributed by atoms with Crippen molar-refractivity contribution in [2.24, 2.45) is 0 Å². The van der Waals surface area contributed by atoms with E-state index in [1.807, 2.05) is 43.3 Å². The van der Waals surface area contributed by atoms with Gasteiger partial charge in [-0.3, -0.25) is 4.79 Å². The standard InChI is InChI=1S/C27H25ClN2O5/c1-2-7-24(25(31)29-23-13-12-16(26(32)33)14-22(23)28)30-27(34)35-15-21-19-10-5-3-8-17(19)18-9-4-6-11-20(18)21/h3-6,8-14,21,24H,2,7,15H2,1H3,(H,29,31)(H,30,34)(H,32,33). The third kappa shape index (κ3) is 5.30. The topological polar surface area (TPSA) is 105 Å². The van der Waals surface area contributed by atoms with E-state index in [0.717, 1.165) is 22.3 Å². The molecule has 3 aromatic rings. The van der Waals surface area contributed by atoms with Crippen molar-refractivity contribution in [2.75, 3.05) is 11.9 Å². The van der Waals surface area contributed by atoms with Crippen molar-refractivity contribution in [2.45, 2.75) is 31.7 Å². The van der Waals surface area contributed by atoms with E-state index in [2.05, 4.69) is 22.8 Å². The maximum atomic E-state index is 12.8. The number of carboxylic acids is 1. The predicted molar refractivity (Wildman–Crippen MR) is 134 cm³/mol. The number of aromatic carboxylic acids is 1. The number of halogens is 1. The van der Waals surface area contributed by atoms with Crippen molar-refractivity contribution in [3.8, 4) is 11.1 Å². The Morgan fingerprint density at radius 1 is 1.00 bits per heavy atom. The lowest BCUT2D eigenvalue weighted by Crippen LogP contribution is -2.44. The van der Waals surface area contributed by atoms with Crippen molar-refractivity contribution in [1.82, 2.24) is 5.32 Å². The summed E-state index contributed by atoms with van der Waals surface area (Å²) >= 11 is 6.12. The number of carbonyl (C=O) groups is 3. The van der Waals surface area contributed by atoms with Crippen LogP contribution in [0, 0.1) is 0 Å². The van der Waals surface area contributed by atoms with Crippen LogP contribution in [-0.4, -0.2) is 35.7 Å². The number of rotatable bonds is 8. The fraction of sp³-hybridized carbons (Fsp3) is 0.222. The van der Waals surface area contributed by atoms with E-state index in [0.29, 0.717) is 12.8 Å². The Hall–Kier alpha value is -3.84. The zero-order chi connectivity index (χ0) is 24.9. The number of carboxylic acid groups (broad SMARTS) is 1. The number of ether oxygens (including phenoxy) is 1. The van der Waals surface area contributed by atoms with Crippen LogP contribution in [0.5, 0.6) is 0 Å². The van der Waals surface area contributed by atoms with Crippen molar-refractivity contribution in [1.29, 1.82) is 0 Å². The van der Waals surface area contributed by atoms with Crippen LogP contribution >= 0.6 is 11.6 Å². The summed E-state index contributed by atoms with van der Waals surface area (Å²) in [5.74, 6) is -1.67. The van der Waals surface area contributed by atoms with Crippen LogP contribution < -0.4 is 10.6 Å². The summed E-state index contributed by atoms with van der Waals surface area (Å²) in [4.78, 5) is 36.6. The van der Waals surface area contributed by atoms with Crippen LogP contribution in [-0.2, 0) is 9.53 Å². The lowest BCUT2D eigenvalue weighted by Gasteiger charge is -2.20. The average molecular weight is 493 g/mol. The fourth-order valence-corrected chi connectivity index (χ4v) is 4.54. The zero-order valence-corrected chi connectivity index (χ0v) is 19.8. The van der Waals surface area contributed by atoms with Gasteiger partial charge in [-0.25, -0.2) is 9.59 Å². The van der Waals surface area contributed by atoms with Crippen LogP contribution in [0.25, 0.3) is 11.1 Å². The molecule has 1 atom stereocenters. The van der Waals surface area contributed by atoms with E-state index >= 15 is 0 Å². The Morgan fingerprint density at radius 3 is 2.20 bits per heavy atom. The molecule has 3 aromatic carbocycles. The Bertz CT molecular complexity index is 1230. The van der Waals surface area contributed by atoms with Gasteiger partial charge < -0.3 is 20.5 Å². The molecule has 3 N–H and O–H groups in total. The molecule has 1 unspecified atom stereocenters. The van der Waals surface area contributed by atoms with Crippen molar-refractivity contribution < 1.29 is 24.2 Å². The molecule has 0 bridgehead atoms. The van der Waals surface area contributed by atoms with Crippen molar-refractivity contribution in [3.05, 3.63) is 88.4 Å². The summed E-state index contributed by atoms with van der Waals surface area (Å²) in [5, 5.41) is 14.5. The second kappa shape index (κ2) is 10.6. The quantitative estimate of drug-likeness (QED) is 0.375. The minimum atomic E-state index is -1.12. The summed E-state index contributed by atoms with van der Waals surface area (Å²) in [7, 11) is 0. The third-order valence-electron chi connectivity index (χ3n) is 6.00. The molecule has 4 rings (SSSR count). The molecule has 0 aliphatic heterocycles. The Balaban J connectivity index is 1.41. The molecular formula is C27H25ClN2O5. The van der Waals surface area contributed by atoms with Gasteiger partial charge in [0.25, 0.3) is 0 Å². The fourth-order valence-electron chi connectivity index (χ4n) is 4.31. The zero-order valence-electron chi connectivity index (χ0n) is 19.1. The van der Waals surface area contributed by atoms with E-state index in [1.54, 1.807) is 0 Å². The molecule has 35 heavy (non-hydrogen) atoms. The van der Waals surface area contributed by atoms with Gasteiger partial charge in [-0.05, 0) is 46.9 Å². The first-order valence-electron chi connectivity index (χ1n) is 11.3.